The van der Waals surface area contributed by atoms with Gasteiger partial charge in [-0.05, 0) is 49.3 Å². The van der Waals surface area contributed by atoms with Gasteiger partial charge in [-0.2, -0.15) is 4.98 Å². The van der Waals surface area contributed by atoms with Crippen LogP contribution < -0.4 is 5.32 Å². The van der Waals surface area contributed by atoms with Crippen LogP contribution in [0.25, 0.3) is 10.7 Å². The molecule has 0 bridgehead atoms. The molecule has 4 rings (SSSR count). The SMILES string of the molecule is Cc1ccc(NC(=O)[C@@H]2CCCN(C(=O)CCCc3nc(-c4cccs4)no3)C2)nc1. The van der Waals surface area contributed by atoms with Gasteiger partial charge < -0.3 is 14.7 Å². The Morgan fingerprint density at radius 1 is 1.32 bits per heavy atom. The zero-order valence-electron chi connectivity index (χ0n) is 17.4. The zero-order chi connectivity index (χ0) is 21.6. The van der Waals surface area contributed by atoms with E-state index in [1.165, 1.54) is 0 Å². The van der Waals surface area contributed by atoms with Crippen LogP contribution in [0.2, 0.25) is 0 Å². The van der Waals surface area contributed by atoms with E-state index in [9.17, 15) is 9.59 Å². The molecule has 1 fully saturated rings. The van der Waals surface area contributed by atoms with Crippen molar-refractivity contribution in [2.24, 2.45) is 5.92 Å². The summed E-state index contributed by atoms with van der Waals surface area (Å²) in [5.74, 6) is 1.43. The van der Waals surface area contributed by atoms with Crippen molar-refractivity contribution >= 4 is 29.0 Å². The zero-order valence-corrected chi connectivity index (χ0v) is 18.2. The van der Waals surface area contributed by atoms with E-state index < -0.39 is 0 Å². The lowest BCUT2D eigenvalue weighted by Crippen LogP contribution is -2.43. The number of aryl methyl sites for hydroxylation is 2. The van der Waals surface area contributed by atoms with Crippen molar-refractivity contribution in [1.82, 2.24) is 20.0 Å². The minimum Gasteiger partial charge on any atom is -0.342 e. The number of pyridine rings is 1. The number of amides is 2. The number of carbonyl (C=O) groups is 2. The number of thiophene rings is 1. The Balaban J connectivity index is 1.24. The molecule has 8 nitrogen and oxygen atoms in total. The van der Waals surface area contributed by atoms with E-state index >= 15 is 0 Å². The summed E-state index contributed by atoms with van der Waals surface area (Å²) in [6, 6.07) is 7.59. The largest absolute Gasteiger partial charge is 0.342 e. The average molecular weight is 440 g/mol. The highest BCUT2D eigenvalue weighted by molar-refractivity contribution is 7.13. The number of aromatic nitrogens is 3. The minimum absolute atomic E-state index is 0.0592. The van der Waals surface area contributed by atoms with Gasteiger partial charge in [-0.25, -0.2) is 4.98 Å². The summed E-state index contributed by atoms with van der Waals surface area (Å²) in [4.78, 5) is 36.6. The molecule has 2 amide bonds. The van der Waals surface area contributed by atoms with E-state index in [-0.39, 0.29) is 17.7 Å². The number of nitrogens with zero attached hydrogens (tertiary/aromatic N) is 4. The van der Waals surface area contributed by atoms with Crippen LogP contribution in [0.15, 0.2) is 40.4 Å². The van der Waals surface area contributed by atoms with Crippen molar-refractivity contribution in [3.63, 3.8) is 0 Å². The molecule has 0 spiro atoms. The normalized spacial score (nSPS) is 16.3. The highest BCUT2D eigenvalue weighted by atomic mass is 32.1. The first-order valence-electron chi connectivity index (χ1n) is 10.5. The number of piperidine rings is 1. The lowest BCUT2D eigenvalue weighted by Gasteiger charge is -2.32. The van der Waals surface area contributed by atoms with Gasteiger partial charge in [0.05, 0.1) is 10.8 Å². The quantitative estimate of drug-likeness (QED) is 0.602. The summed E-state index contributed by atoms with van der Waals surface area (Å²) >= 11 is 1.56. The van der Waals surface area contributed by atoms with Gasteiger partial charge >= 0.3 is 0 Å². The van der Waals surface area contributed by atoms with E-state index in [2.05, 4.69) is 20.4 Å². The molecule has 31 heavy (non-hydrogen) atoms. The fourth-order valence-corrected chi connectivity index (χ4v) is 4.25. The highest BCUT2D eigenvalue weighted by Crippen LogP contribution is 2.22. The molecule has 1 aliphatic rings. The molecule has 1 aliphatic heterocycles. The fourth-order valence-electron chi connectivity index (χ4n) is 3.60. The molecular formula is C22H25N5O3S. The molecule has 9 heteroatoms. The van der Waals surface area contributed by atoms with Gasteiger partial charge in [0.25, 0.3) is 0 Å². The third-order valence-corrected chi connectivity index (χ3v) is 6.16. The van der Waals surface area contributed by atoms with E-state index in [0.717, 1.165) is 23.3 Å². The smallest absolute Gasteiger partial charge is 0.230 e. The van der Waals surface area contributed by atoms with E-state index in [1.807, 2.05) is 30.5 Å². The molecule has 4 heterocycles. The first kappa shape index (κ1) is 21.2. The maximum Gasteiger partial charge on any atom is 0.230 e. The molecule has 3 aromatic heterocycles. The second-order valence-electron chi connectivity index (χ2n) is 7.73. The number of nitrogens with one attached hydrogen (secondary N) is 1. The third-order valence-electron chi connectivity index (χ3n) is 5.30. The molecular weight excluding hydrogens is 414 g/mol. The Hall–Kier alpha value is -3.07. The number of hydrogen-bond acceptors (Lipinski definition) is 7. The second kappa shape index (κ2) is 9.82. The predicted octanol–water partition coefficient (Wildman–Crippen LogP) is 3.70. The van der Waals surface area contributed by atoms with Gasteiger partial charge in [0.15, 0.2) is 0 Å². The van der Waals surface area contributed by atoms with Gasteiger partial charge in [0.2, 0.25) is 23.5 Å². The van der Waals surface area contributed by atoms with Gasteiger partial charge in [0, 0.05) is 32.1 Å². The van der Waals surface area contributed by atoms with E-state index in [1.54, 1.807) is 28.5 Å². The Bertz CT molecular complexity index is 1020. The van der Waals surface area contributed by atoms with Crippen LogP contribution in [-0.2, 0) is 16.0 Å². The Morgan fingerprint density at radius 2 is 2.23 bits per heavy atom. The molecule has 3 aromatic rings. The van der Waals surface area contributed by atoms with Crippen LogP contribution in [0, 0.1) is 12.8 Å². The summed E-state index contributed by atoms with van der Waals surface area (Å²) in [7, 11) is 0. The summed E-state index contributed by atoms with van der Waals surface area (Å²) in [5, 5.41) is 8.82. The molecule has 162 valence electrons. The Morgan fingerprint density at radius 3 is 3.00 bits per heavy atom. The molecule has 0 aliphatic carbocycles. The minimum atomic E-state index is -0.218. The van der Waals surface area contributed by atoms with Crippen LogP contribution in [-0.4, -0.2) is 44.9 Å². The molecule has 1 atom stereocenters. The van der Waals surface area contributed by atoms with Gasteiger partial charge in [0.1, 0.15) is 5.82 Å². The Kier molecular flexibility index (Phi) is 6.71. The standard InChI is InChI=1S/C22H25N5O3S/c1-15-9-10-18(23-13-15)24-22(29)16-5-3-11-27(14-16)20(28)8-2-7-19-25-21(26-30-19)17-6-4-12-31-17/h4,6,9-10,12-13,16H,2-3,5,7-8,11,14H2,1H3,(H,23,24,29)/t16-/m1/s1. The third kappa shape index (κ3) is 5.55. The number of likely N-dealkylation sites (tertiary alicyclic amines) is 1. The molecule has 0 unspecified atom stereocenters. The summed E-state index contributed by atoms with van der Waals surface area (Å²) in [5.41, 5.74) is 1.04. The van der Waals surface area contributed by atoms with E-state index in [0.29, 0.717) is 49.9 Å². The monoisotopic (exact) mass is 439 g/mol. The summed E-state index contributed by atoms with van der Waals surface area (Å²) in [6.07, 6.45) is 4.89. The highest BCUT2D eigenvalue weighted by Gasteiger charge is 2.28. The average Bonchev–Trinajstić information content (AvgIpc) is 3.47. The topological polar surface area (TPSA) is 101 Å². The van der Waals surface area contributed by atoms with Crippen LogP contribution in [0.3, 0.4) is 0 Å². The number of carbonyl (C=O) groups excluding carboxylic acids is 2. The van der Waals surface area contributed by atoms with Crippen molar-refractivity contribution in [3.05, 3.63) is 47.3 Å². The molecule has 1 saturated heterocycles. The predicted molar refractivity (Wildman–Crippen MR) is 117 cm³/mol. The van der Waals surface area contributed by atoms with Crippen LogP contribution in [0.5, 0.6) is 0 Å². The lowest BCUT2D eigenvalue weighted by atomic mass is 9.96. The molecule has 0 saturated carbocycles. The summed E-state index contributed by atoms with van der Waals surface area (Å²) < 4.78 is 5.29. The van der Waals surface area contributed by atoms with Crippen LogP contribution in [0.4, 0.5) is 5.82 Å². The number of rotatable bonds is 7. The molecule has 0 aromatic carbocycles. The summed E-state index contributed by atoms with van der Waals surface area (Å²) in [6.45, 7) is 3.08. The maximum atomic E-state index is 12.7. The second-order valence-corrected chi connectivity index (χ2v) is 8.68. The first-order chi connectivity index (χ1) is 15.1. The van der Waals surface area contributed by atoms with Crippen LogP contribution >= 0.6 is 11.3 Å². The fraction of sp³-hybridized carbons (Fsp3) is 0.409. The van der Waals surface area contributed by atoms with Crippen molar-refractivity contribution in [2.45, 2.75) is 39.0 Å². The van der Waals surface area contributed by atoms with Crippen molar-refractivity contribution in [3.8, 4) is 10.7 Å². The number of hydrogen-bond donors (Lipinski definition) is 1. The van der Waals surface area contributed by atoms with Crippen molar-refractivity contribution in [1.29, 1.82) is 0 Å². The van der Waals surface area contributed by atoms with Crippen molar-refractivity contribution in [2.75, 3.05) is 18.4 Å². The van der Waals surface area contributed by atoms with Gasteiger partial charge in [-0.15, -0.1) is 11.3 Å². The lowest BCUT2D eigenvalue weighted by molar-refractivity contribution is -0.134. The maximum absolute atomic E-state index is 12.7. The first-order valence-corrected chi connectivity index (χ1v) is 11.3. The van der Waals surface area contributed by atoms with Gasteiger partial charge in [-0.3, -0.25) is 9.59 Å². The molecule has 1 N–H and O–H groups in total. The van der Waals surface area contributed by atoms with E-state index in [4.69, 9.17) is 4.52 Å². The molecule has 0 radical (unpaired) electrons. The van der Waals surface area contributed by atoms with Gasteiger partial charge in [-0.1, -0.05) is 17.3 Å². The number of anilines is 1. The Labute approximate surface area is 184 Å². The van der Waals surface area contributed by atoms with Crippen molar-refractivity contribution < 1.29 is 14.1 Å². The van der Waals surface area contributed by atoms with Crippen LogP contribution in [0.1, 0.15) is 37.1 Å².